The van der Waals surface area contributed by atoms with E-state index in [2.05, 4.69) is 34.7 Å². The van der Waals surface area contributed by atoms with E-state index in [4.69, 9.17) is 0 Å². The fourth-order valence-electron chi connectivity index (χ4n) is 2.82. The van der Waals surface area contributed by atoms with Gasteiger partial charge in [0.15, 0.2) is 0 Å². The average Bonchev–Trinajstić information content (AvgIpc) is 3.25. The molecule has 2 aliphatic carbocycles. The number of hydrogen-bond donors (Lipinski definition) is 2. The molecule has 0 spiro atoms. The van der Waals surface area contributed by atoms with Crippen molar-refractivity contribution in [1.29, 1.82) is 0 Å². The summed E-state index contributed by atoms with van der Waals surface area (Å²) in [5, 5.41) is 6.86. The lowest BCUT2D eigenvalue weighted by atomic mass is 9.98. The Kier molecular flexibility index (Phi) is 3.39. The van der Waals surface area contributed by atoms with Crippen molar-refractivity contribution in [3.63, 3.8) is 0 Å². The zero-order chi connectivity index (χ0) is 12.4. The van der Waals surface area contributed by atoms with Gasteiger partial charge in [0.1, 0.15) is 5.82 Å². The summed E-state index contributed by atoms with van der Waals surface area (Å²) >= 11 is 0. The molecule has 0 saturated heterocycles. The molecule has 2 N–H and O–H groups in total. The van der Waals surface area contributed by atoms with E-state index in [0.29, 0.717) is 0 Å². The highest BCUT2D eigenvalue weighted by atomic mass is 15.0. The van der Waals surface area contributed by atoms with Crippen molar-refractivity contribution in [2.45, 2.75) is 32.6 Å². The summed E-state index contributed by atoms with van der Waals surface area (Å²) in [6, 6.07) is 4.18. The topological polar surface area (TPSA) is 37.0 Å². The monoisotopic (exact) mass is 245 g/mol. The molecule has 2 aliphatic rings. The molecule has 98 valence electrons. The highest BCUT2D eigenvalue weighted by molar-refractivity contribution is 5.51. The van der Waals surface area contributed by atoms with Crippen LogP contribution in [0.25, 0.3) is 0 Å². The van der Waals surface area contributed by atoms with Gasteiger partial charge in [0, 0.05) is 31.0 Å². The molecule has 0 atom stereocenters. The number of rotatable bonds is 7. The quantitative estimate of drug-likeness (QED) is 0.773. The van der Waals surface area contributed by atoms with Crippen LogP contribution in [0.5, 0.6) is 0 Å². The lowest BCUT2D eigenvalue weighted by Gasteiger charge is -2.17. The van der Waals surface area contributed by atoms with Crippen LogP contribution in [0.4, 0.5) is 11.5 Å². The van der Waals surface area contributed by atoms with Crippen LogP contribution in [0.1, 0.15) is 32.6 Å². The minimum absolute atomic E-state index is 0.917. The van der Waals surface area contributed by atoms with Crippen LogP contribution in [0.2, 0.25) is 0 Å². The highest BCUT2D eigenvalue weighted by Crippen LogP contribution is 2.49. The van der Waals surface area contributed by atoms with E-state index < -0.39 is 0 Å². The van der Waals surface area contributed by atoms with Gasteiger partial charge in [-0.1, -0.05) is 0 Å². The third-order valence-corrected chi connectivity index (χ3v) is 4.11. The molecular weight excluding hydrogens is 222 g/mol. The van der Waals surface area contributed by atoms with E-state index in [1.165, 1.54) is 31.4 Å². The Morgan fingerprint density at radius 1 is 1.22 bits per heavy atom. The van der Waals surface area contributed by atoms with Crippen LogP contribution < -0.4 is 10.6 Å². The summed E-state index contributed by atoms with van der Waals surface area (Å²) in [5.74, 6) is 3.91. The van der Waals surface area contributed by atoms with E-state index in [1.54, 1.807) is 0 Å². The molecule has 1 aromatic heterocycles. The van der Waals surface area contributed by atoms with Gasteiger partial charge in [0.05, 0.1) is 0 Å². The molecule has 0 radical (unpaired) electrons. The molecule has 3 nitrogen and oxygen atoms in total. The first-order chi connectivity index (χ1) is 8.86. The van der Waals surface area contributed by atoms with Crippen molar-refractivity contribution >= 4 is 11.5 Å². The van der Waals surface area contributed by atoms with Crippen LogP contribution in [-0.2, 0) is 0 Å². The van der Waals surface area contributed by atoms with Crippen molar-refractivity contribution in [2.24, 2.45) is 17.8 Å². The van der Waals surface area contributed by atoms with Gasteiger partial charge in [-0.15, -0.1) is 0 Å². The van der Waals surface area contributed by atoms with Gasteiger partial charge in [-0.2, -0.15) is 0 Å². The van der Waals surface area contributed by atoms with Crippen LogP contribution in [-0.4, -0.2) is 18.1 Å². The van der Waals surface area contributed by atoms with Gasteiger partial charge in [-0.3, -0.25) is 0 Å². The zero-order valence-corrected chi connectivity index (χ0v) is 11.2. The van der Waals surface area contributed by atoms with Crippen LogP contribution in [0.3, 0.4) is 0 Å². The van der Waals surface area contributed by atoms with E-state index in [-0.39, 0.29) is 0 Å². The molecule has 0 aromatic carbocycles. The molecular formula is C15H23N3. The molecule has 3 heteroatoms. The van der Waals surface area contributed by atoms with Gasteiger partial charge in [-0.05, 0) is 56.4 Å². The van der Waals surface area contributed by atoms with Crippen molar-refractivity contribution in [3.8, 4) is 0 Å². The summed E-state index contributed by atoms with van der Waals surface area (Å²) in [6.45, 7) is 4.16. The fourth-order valence-corrected chi connectivity index (χ4v) is 2.82. The predicted molar refractivity (Wildman–Crippen MR) is 75.8 cm³/mol. The minimum atomic E-state index is 0.917. The van der Waals surface area contributed by atoms with E-state index in [9.17, 15) is 0 Å². The normalized spacial score (nSPS) is 19.0. The van der Waals surface area contributed by atoms with Crippen molar-refractivity contribution < 1.29 is 0 Å². The van der Waals surface area contributed by atoms with Gasteiger partial charge < -0.3 is 10.6 Å². The molecule has 1 heterocycles. The second-order valence-electron chi connectivity index (χ2n) is 5.68. The highest BCUT2D eigenvalue weighted by Gasteiger charge is 2.40. The maximum Gasteiger partial charge on any atom is 0.127 e. The summed E-state index contributed by atoms with van der Waals surface area (Å²) in [4.78, 5) is 4.30. The first-order valence-electron chi connectivity index (χ1n) is 7.30. The zero-order valence-electron chi connectivity index (χ0n) is 11.2. The fraction of sp³-hybridized carbons (Fsp3) is 0.667. The first-order valence-corrected chi connectivity index (χ1v) is 7.30. The van der Waals surface area contributed by atoms with Gasteiger partial charge in [0.2, 0.25) is 0 Å². The Labute approximate surface area is 109 Å². The third-order valence-electron chi connectivity index (χ3n) is 4.11. The second-order valence-corrected chi connectivity index (χ2v) is 5.68. The van der Waals surface area contributed by atoms with Crippen LogP contribution >= 0.6 is 0 Å². The summed E-state index contributed by atoms with van der Waals surface area (Å²) in [6.07, 6.45) is 7.72. The molecule has 2 saturated carbocycles. The smallest absolute Gasteiger partial charge is 0.127 e. The number of nitrogens with zero attached hydrogens (tertiary/aromatic N) is 1. The number of hydrogen-bond acceptors (Lipinski definition) is 3. The molecule has 0 unspecified atom stereocenters. The molecule has 18 heavy (non-hydrogen) atoms. The van der Waals surface area contributed by atoms with Crippen LogP contribution in [0.15, 0.2) is 18.3 Å². The Morgan fingerprint density at radius 3 is 2.56 bits per heavy atom. The molecule has 0 aliphatic heterocycles. The molecule has 3 rings (SSSR count). The van der Waals surface area contributed by atoms with Crippen molar-refractivity contribution in [1.82, 2.24) is 4.98 Å². The maximum absolute atomic E-state index is 4.30. The first kappa shape index (κ1) is 11.8. The molecule has 0 amide bonds. The van der Waals surface area contributed by atoms with E-state index in [1.807, 2.05) is 6.20 Å². The van der Waals surface area contributed by atoms with Gasteiger partial charge >= 0.3 is 0 Å². The van der Waals surface area contributed by atoms with Crippen molar-refractivity contribution in [2.75, 3.05) is 23.7 Å². The SMILES string of the molecule is CCNc1cc(NCC(C2CC2)C2CC2)ccn1. The average molecular weight is 245 g/mol. The summed E-state index contributed by atoms with van der Waals surface area (Å²) < 4.78 is 0. The second kappa shape index (κ2) is 5.17. The number of aromatic nitrogens is 1. The Balaban J connectivity index is 1.56. The number of pyridine rings is 1. The molecule has 2 fully saturated rings. The molecule has 1 aromatic rings. The summed E-state index contributed by atoms with van der Waals surface area (Å²) in [7, 11) is 0. The Morgan fingerprint density at radius 2 is 1.94 bits per heavy atom. The summed E-state index contributed by atoms with van der Waals surface area (Å²) in [5.41, 5.74) is 1.20. The predicted octanol–water partition coefficient (Wildman–Crippen LogP) is 3.36. The largest absolute Gasteiger partial charge is 0.385 e. The Hall–Kier alpha value is -1.25. The Bertz CT molecular complexity index is 384. The third kappa shape index (κ3) is 2.95. The maximum atomic E-state index is 4.30. The lowest BCUT2D eigenvalue weighted by molar-refractivity contribution is 0.428. The number of anilines is 2. The lowest BCUT2D eigenvalue weighted by Crippen LogP contribution is -2.18. The van der Waals surface area contributed by atoms with Gasteiger partial charge in [0.25, 0.3) is 0 Å². The van der Waals surface area contributed by atoms with Crippen LogP contribution in [0, 0.1) is 17.8 Å². The molecule has 0 bridgehead atoms. The number of nitrogens with one attached hydrogen (secondary N) is 2. The van der Waals surface area contributed by atoms with E-state index >= 15 is 0 Å². The van der Waals surface area contributed by atoms with E-state index in [0.717, 1.165) is 36.7 Å². The standard InChI is InChI=1S/C15H23N3/c1-2-16-15-9-13(7-8-17-15)18-10-14(11-3-4-11)12-5-6-12/h7-9,11-12,14H,2-6,10H2,1H3,(H2,16,17,18). The minimum Gasteiger partial charge on any atom is -0.385 e. The van der Waals surface area contributed by atoms with Crippen molar-refractivity contribution in [3.05, 3.63) is 18.3 Å². The van der Waals surface area contributed by atoms with Gasteiger partial charge in [-0.25, -0.2) is 4.98 Å².